The fourth-order valence-electron chi connectivity index (χ4n) is 3.62. The Kier molecular flexibility index (Phi) is 4.98. The van der Waals surface area contributed by atoms with E-state index in [0.29, 0.717) is 18.4 Å². The number of nitrogens with zero attached hydrogens (tertiary/aromatic N) is 2. The summed E-state index contributed by atoms with van der Waals surface area (Å²) in [6, 6.07) is 6.04. The summed E-state index contributed by atoms with van der Waals surface area (Å²) in [5, 5.41) is 0.626. The van der Waals surface area contributed by atoms with Crippen molar-refractivity contribution in [2.24, 2.45) is 11.7 Å². The lowest BCUT2D eigenvalue weighted by Crippen LogP contribution is -2.32. The van der Waals surface area contributed by atoms with Crippen molar-refractivity contribution in [1.29, 1.82) is 0 Å². The van der Waals surface area contributed by atoms with Crippen molar-refractivity contribution >= 4 is 26.8 Å². The van der Waals surface area contributed by atoms with Gasteiger partial charge in [-0.25, -0.2) is 8.42 Å². The zero-order chi connectivity index (χ0) is 19.9. The molecule has 2 heterocycles. The summed E-state index contributed by atoms with van der Waals surface area (Å²) in [5.74, 6) is -0.361. The van der Waals surface area contributed by atoms with Crippen LogP contribution in [0.15, 0.2) is 40.2 Å². The quantitative estimate of drug-likeness (QED) is 0.744. The highest BCUT2D eigenvalue weighted by Gasteiger charge is 2.32. The Balaban J connectivity index is 1.65. The van der Waals surface area contributed by atoms with E-state index in [9.17, 15) is 18.0 Å². The number of nitrogens with two attached hydrogens (primary N) is 1. The summed E-state index contributed by atoms with van der Waals surface area (Å²) in [7, 11) is -3.74. The van der Waals surface area contributed by atoms with Gasteiger partial charge < -0.3 is 10.5 Å². The van der Waals surface area contributed by atoms with Crippen molar-refractivity contribution in [3.8, 4) is 0 Å². The predicted molar refractivity (Wildman–Crippen MR) is 103 cm³/mol. The maximum absolute atomic E-state index is 13.0. The molecule has 1 saturated carbocycles. The molecule has 1 aromatic carbocycles. The fraction of sp³-hybridized carbons (Fsp3) is 0.474. The molecular formula is C19H23N3O5S. The third-order valence-electron chi connectivity index (χ3n) is 5.57. The van der Waals surface area contributed by atoms with E-state index in [0.717, 1.165) is 19.3 Å². The standard InChI is InChI=1S/C19H23N3O5S/c20-14-7-10-22(11-14)28(25,26)17-6-2-5-16-15(17)8-9-21(18(16)23)12-27-19(24)13-3-1-4-13/h2,5-6,8-9,13-14H,1,3-4,7,10-12,20H2/t14-/m0/s1. The number of pyridine rings is 1. The van der Waals surface area contributed by atoms with E-state index in [2.05, 4.69) is 0 Å². The highest BCUT2D eigenvalue weighted by atomic mass is 32.2. The molecule has 4 rings (SSSR count). The maximum Gasteiger partial charge on any atom is 0.310 e. The Bertz CT molecular complexity index is 1070. The van der Waals surface area contributed by atoms with Gasteiger partial charge in [0.05, 0.1) is 10.8 Å². The molecule has 0 unspecified atom stereocenters. The van der Waals surface area contributed by atoms with E-state index in [1.165, 1.54) is 21.1 Å². The Morgan fingerprint density at radius 1 is 1.18 bits per heavy atom. The minimum absolute atomic E-state index is 0.0697. The smallest absolute Gasteiger partial charge is 0.310 e. The molecule has 2 aromatic rings. The van der Waals surface area contributed by atoms with E-state index in [1.54, 1.807) is 18.2 Å². The molecule has 2 N–H and O–H groups in total. The second-order valence-electron chi connectivity index (χ2n) is 7.44. The first-order valence-electron chi connectivity index (χ1n) is 9.42. The van der Waals surface area contributed by atoms with Gasteiger partial charge in [-0.15, -0.1) is 0 Å². The van der Waals surface area contributed by atoms with E-state index in [1.807, 2.05) is 0 Å². The number of carbonyl (C=O) groups excluding carboxylic acids is 1. The molecule has 0 bridgehead atoms. The predicted octanol–water partition coefficient (Wildman–Crippen LogP) is 1.02. The molecule has 1 aromatic heterocycles. The van der Waals surface area contributed by atoms with Crippen molar-refractivity contribution < 1.29 is 17.9 Å². The minimum Gasteiger partial charge on any atom is -0.444 e. The van der Waals surface area contributed by atoms with Crippen LogP contribution in [0.3, 0.4) is 0 Å². The number of benzene rings is 1. The Morgan fingerprint density at radius 2 is 1.96 bits per heavy atom. The van der Waals surface area contributed by atoms with Gasteiger partial charge in [0, 0.05) is 36.1 Å². The second-order valence-corrected chi connectivity index (χ2v) is 9.35. The van der Waals surface area contributed by atoms with Crippen LogP contribution in [-0.2, 0) is 26.3 Å². The molecule has 1 aliphatic heterocycles. The molecule has 9 heteroatoms. The molecule has 28 heavy (non-hydrogen) atoms. The van der Waals surface area contributed by atoms with Crippen molar-refractivity contribution in [2.75, 3.05) is 13.1 Å². The molecule has 150 valence electrons. The molecular weight excluding hydrogens is 382 g/mol. The lowest BCUT2D eigenvalue weighted by molar-refractivity contribution is -0.155. The van der Waals surface area contributed by atoms with Crippen LogP contribution in [0.25, 0.3) is 10.8 Å². The van der Waals surface area contributed by atoms with Crippen molar-refractivity contribution in [1.82, 2.24) is 8.87 Å². The number of hydrogen-bond acceptors (Lipinski definition) is 6. The normalized spacial score (nSPS) is 21.0. The second kappa shape index (κ2) is 7.31. The van der Waals surface area contributed by atoms with Gasteiger partial charge in [0.2, 0.25) is 10.0 Å². The van der Waals surface area contributed by atoms with Gasteiger partial charge in [-0.05, 0) is 37.5 Å². The number of aromatic nitrogens is 1. The van der Waals surface area contributed by atoms with E-state index in [4.69, 9.17) is 10.5 Å². The molecule has 0 radical (unpaired) electrons. The number of carbonyl (C=O) groups is 1. The van der Waals surface area contributed by atoms with Crippen LogP contribution in [-0.4, -0.2) is 42.4 Å². The first-order chi connectivity index (χ1) is 13.4. The van der Waals surface area contributed by atoms with Crippen LogP contribution >= 0.6 is 0 Å². The van der Waals surface area contributed by atoms with Crippen LogP contribution in [0.2, 0.25) is 0 Å². The number of fused-ring (bicyclic) bond motifs is 1. The molecule has 0 amide bonds. The average Bonchev–Trinajstić information content (AvgIpc) is 3.06. The number of hydrogen-bond donors (Lipinski definition) is 1. The van der Waals surface area contributed by atoms with Gasteiger partial charge in [-0.1, -0.05) is 12.5 Å². The van der Waals surface area contributed by atoms with Crippen LogP contribution in [0.1, 0.15) is 25.7 Å². The lowest BCUT2D eigenvalue weighted by atomic mass is 9.86. The van der Waals surface area contributed by atoms with Crippen molar-refractivity contribution in [3.05, 3.63) is 40.8 Å². The van der Waals surface area contributed by atoms with Crippen molar-refractivity contribution in [3.63, 3.8) is 0 Å². The third kappa shape index (κ3) is 3.34. The summed E-state index contributed by atoms with van der Waals surface area (Å²) in [5.41, 5.74) is 5.45. The molecule has 2 aliphatic rings. The average molecular weight is 405 g/mol. The zero-order valence-electron chi connectivity index (χ0n) is 15.4. The lowest BCUT2D eigenvalue weighted by Gasteiger charge is -2.23. The Labute approximate surface area is 162 Å². The largest absolute Gasteiger partial charge is 0.444 e. The summed E-state index contributed by atoms with van der Waals surface area (Å²) in [6.07, 6.45) is 4.76. The SMILES string of the molecule is N[C@H]1CCN(S(=O)(=O)c2cccc3c(=O)n(COC(=O)C4CCC4)ccc23)C1. The summed E-state index contributed by atoms with van der Waals surface area (Å²) in [6.45, 7) is 0.461. The van der Waals surface area contributed by atoms with Crippen LogP contribution < -0.4 is 11.3 Å². The van der Waals surface area contributed by atoms with Gasteiger partial charge in [-0.2, -0.15) is 4.31 Å². The van der Waals surface area contributed by atoms with Crippen LogP contribution in [0.5, 0.6) is 0 Å². The highest BCUT2D eigenvalue weighted by Crippen LogP contribution is 2.28. The van der Waals surface area contributed by atoms with Crippen molar-refractivity contribution in [2.45, 2.75) is 43.4 Å². The summed E-state index contributed by atoms with van der Waals surface area (Å²) < 4.78 is 33.9. The van der Waals surface area contributed by atoms with E-state index >= 15 is 0 Å². The summed E-state index contributed by atoms with van der Waals surface area (Å²) in [4.78, 5) is 24.8. The van der Waals surface area contributed by atoms with E-state index in [-0.39, 0.29) is 41.5 Å². The molecule has 2 fully saturated rings. The number of rotatable bonds is 5. The van der Waals surface area contributed by atoms with Gasteiger partial charge in [-0.3, -0.25) is 14.2 Å². The van der Waals surface area contributed by atoms with Gasteiger partial charge in [0.15, 0.2) is 6.73 Å². The van der Waals surface area contributed by atoms with Gasteiger partial charge in [0.25, 0.3) is 5.56 Å². The first-order valence-corrected chi connectivity index (χ1v) is 10.9. The molecule has 1 aliphatic carbocycles. The summed E-state index contributed by atoms with van der Waals surface area (Å²) >= 11 is 0. The van der Waals surface area contributed by atoms with Gasteiger partial charge >= 0.3 is 5.97 Å². The molecule has 0 spiro atoms. The molecule has 1 saturated heterocycles. The van der Waals surface area contributed by atoms with Crippen LogP contribution in [0, 0.1) is 5.92 Å². The monoisotopic (exact) mass is 405 g/mol. The van der Waals surface area contributed by atoms with Gasteiger partial charge in [0.1, 0.15) is 0 Å². The molecule has 8 nitrogen and oxygen atoms in total. The van der Waals surface area contributed by atoms with Crippen LogP contribution in [0.4, 0.5) is 0 Å². The maximum atomic E-state index is 13.0. The number of ether oxygens (including phenoxy) is 1. The Morgan fingerprint density at radius 3 is 2.61 bits per heavy atom. The zero-order valence-corrected chi connectivity index (χ0v) is 16.2. The minimum atomic E-state index is -3.74. The van der Waals surface area contributed by atoms with E-state index < -0.39 is 15.6 Å². The fourth-order valence-corrected chi connectivity index (χ4v) is 5.34. The third-order valence-corrected chi connectivity index (χ3v) is 7.49. The Hall–Kier alpha value is -2.23. The number of sulfonamides is 1. The molecule has 1 atom stereocenters. The first kappa shape index (κ1) is 19.1. The topological polar surface area (TPSA) is 112 Å². The number of esters is 1. The highest BCUT2D eigenvalue weighted by molar-refractivity contribution is 7.89.